The molecule has 0 saturated carbocycles. The quantitative estimate of drug-likeness (QED) is 0.373. The first-order valence-corrected chi connectivity index (χ1v) is 7.68. The Balaban J connectivity index is 1.98. The zero-order chi connectivity index (χ0) is 15.7. The van der Waals surface area contributed by atoms with E-state index < -0.39 is 4.92 Å². The Hall–Kier alpha value is -2.28. The van der Waals surface area contributed by atoms with Gasteiger partial charge < -0.3 is 0 Å². The summed E-state index contributed by atoms with van der Waals surface area (Å²) in [6, 6.07) is 4.40. The number of aldehydes is 1. The van der Waals surface area contributed by atoms with Crippen molar-refractivity contribution in [2.45, 2.75) is 36.2 Å². The molecule has 7 heteroatoms. The van der Waals surface area contributed by atoms with Crippen molar-refractivity contribution in [3.05, 3.63) is 50.8 Å². The second-order valence-corrected chi connectivity index (χ2v) is 6.08. The highest BCUT2D eigenvalue weighted by atomic mass is 32.2. The van der Waals surface area contributed by atoms with E-state index in [2.05, 4.69) is 9.97 Å². The van der Waals surface area contributed by atoms with Gasteiger partial charge in [0.05, 0.1) is 9.82 Å². The zero-order valence-corrected chi connectivity index (χ0v) is 12.7. The molecule has 6 nitrogen and oxygen atoms in total. The molecule has 22 heavy (non-hydrogen) atoms. The molecule has 0 aliphatic heterocycles. The van der Waals surface area contributed by atoms with E-state index in [1.54, 1.807) is 12.1 Å². The van der Waals surface area contributed by atoms with E-state index in [-0.39, 0.29) is 11.3 Å². The molecule has 0 atom stereocenters. The molecule has 0 amide bonds. The number of aryl methyl sites for hydroxylation is 2. The Morgan fingerprint density at radius 2 is 2.14 bits per heavy atom. The average molecular weight is 315 g/mol. The molecule has 0 N–H and O–H groups in total. The largest absolute Gasteiger partial charge is 0.298 e. The topological polar surface area (TPSA) is 86.0 Å². The number of nitro benzene ring substituents is 1. The second-order valence-electron chi connectivity index (χ2n) is 5.07. The van der Waals surface area contributed by atoms with Crippen LogP contribution in [0, 0.1) is 17.0 Å². The van der Waals surface area contributed by atoms with Gasteiger partial charge in [0, 0.05) is 23.0 Å². The summed E-state index contributed by atoms with van der Waals surface area (Å²) in [5, 5.41) is 11.7. The van der Waals surface area contributed by atoms with Crippen LogP contribution in [0.1, 0.15) is 33.7 Å². The third-order valence-corrected chi connectivity index (χ3v) is 4.57. The minimum absolute atomic E-state index is 0.101. The molecule has 0 fully saturated rings. The van der Waals surface area contributed by atoms with Gasteiger partial charge in [0.15, 0.2) is 5.16 Å². The number of carbonyl (C=O) groups is 1. The molecule has 112 valence electrons. The number of nitrogens with zero attached hydrogens (tertiary/aromatic N) is 3. The van der Waals surface area contributed by atoms with Gasteiger partial charge in [-0.15, -0.1) is 0 Å². The van der Waals surface area contributed by atoms with Crippen LogP contribution in [0.4, 0.5) is 5.69 Å². The van der Waals surface area contributed by atoms with E-state index >= 15 is 0 Å². The number of benzene rings is 1. The summed E-state index contributed by atoms with van der Waals surface area (Å²) in [7, 11) is 0. The first-order chi connectivity index (χ1) is 10.6. The molecule has 1 heterocycles. The maximum Gasteiger partial charge on any atom is 0.284 e. The first-order valence-electron chi connectivity index (χ1n) is 6.86. The number of aromatic nitrogens is 2. The van der Waals surface area contributed by atoms with Gasteiger partial charge in [0.1, 0.15) is 6.29 Å². The molecular formula is C15H13N3O3S. The van der Waals surface area contributed by atoms with Crippen molar-refractivity contribution in [1.82, 2.24) is 9.97 Å². The van der Waals surface area contributed by atoms with Gasteiger partial charge in [-0.3, -0.25) is 14.9 Å². The van der Waals surface area contributed by atoms with E-state index in [1.807, 2.05) is 6.92 Å². The monoisotopic (exact) mass is 315 g/mol. The fraction of sp³-hybridized carbons (Fsp3) is 0.267. The zero-order valence-electron chi connectivity index (χ0n) is 11.9. The average Bonchev–Trinajstić information content (AvgIpc) is 2.96. The van der Waals surface area contributed by atoms with Crippen LogP contribution in [0.25, 0.3) is 0 Å². The number of rotatable bonds is 4. The molecule has 0 bridgehead atoms. The van der Waals surface area contributed by atoms with Crippen molar-refractivity contribution in [2.75, 3.05) is 0 Å². The van der Waals surface area contributed by atoms with Crippen LogP contribution < -0.4 is 0 Å². The molecule has 0 spiro atoms. The fourth-order valence-electron chi connectivity index (χ4n) is 2.57. The predicted octanol–water partition coefficient (Wildman–Crippen LogP) is 3.15. The van der Waals surface area contributed by atoms with Crippen LogP contribution in [-0.2, 0) is 12.8 Å². The number of nitro groups is 1. The standard InChI is InChI=1S/C15H13N3O3S/c1-9-11-3-2-4-12(11)17-15(16-9)22-14-6-5-10(8-19)7-13(14)18(20)21/h5-8H,2-4H2,1H3. The van der Waals surface area contributed by atoms with Gasteiger partial charge in [0.25, 0.3) is 5.69 Å². The molecule has 0 saturated heterocycles. The van der Waals surface area contributed by atoms with Crippen LogP contribution in [0.15, 0.2) is 28.3 Å². The number of fused-ring (bicyclic) bond motifs is 1. The maximum atomic E-state index is 11.2. The highest BCUT2D eigenvalue weighted by Crippen LogP contribution is 2.35. The second kappa shape index (κ2) is 5.84. The number of hydrogen-bond donors (Lipinski definition) is 0. The Morgan fingerprint density at radius 1 is 1.32 bits per heavy atom. The number of hydrogen-bond acceptors (Lipinski definition) is 6. The van der Waals surface area contributed by atoms with Crippen LogP contribution >= 0.6 is 11.8 Å². The van der Waals surface area contributed by atoms with Crippen molar-refractivity contribution in [2.24, 2.45) is 0 Å². The van der Waals surface area contributed by atoms with E-state index in [9.17, 15) is 14.9 Å². The minimum atomic E-state index is -0.491. The van der Waals surface area contributed by atoms with Gasteiger partial charge in [-0.1, -0.05) is 6.07 Å². The lowest BCUT2D eigenvalue weighted by molar-refractivity contribution is -0.387. The summed E-state index contributed by atoms with van der Waals surface area (Å²) >= 11 is 1.16. The predicted molar refractivity (Wildman–Crippen MR) is 81.4 cm³/mol. The van der Waals surface area contributed by atoms with Crippen molar-refractivity contribution in [3.63, 3.8) is 0 Å². The summed E-state index contributed by atoms with van der Waals surface area (Å²) in [6.45, 7) is 1.94. The van der Waals surface area contributed by atoms with Gasteiger partial charge >= 0.3 is 0 Å². The molecule has 0 radical (unpaired) electrons. The van der Waals surface area contributed by atoms with E-state index in [1.165, 1.54) is 11.6 Å². The van der Waals surface area contributed by atoms with Gasteiger partial charge in [-0.2, -0.15) is 0 Å². The molecule has 1 aromatic carbocycles. The lowest BCUT2D eigenvalue weighted by Crippen LogP contribution is -1.99. The Labute approximate surface area is 131 Å². The van der Waals surface area contributed by atoms with Crippen LogP contribution in [0.2, 0.25) is 0 Å². The van der Waals surface area contributed by atoms with Gasteiger partial charge in [-0.05, 0) is 49.6 Å². The van der Waals surface area contributed by atoms with E-state index in [0.29, 0.717) is 16.3 Å². The van der Waals surface area contributed by atoms with Crippen molar-refractivity contribution >= 4 is 23.7 Å². The van der Waals surface area contributed by atoms with E-state index in [4.69, 9.17) is 0 Å². The molecule has 1 aromatic heterocycles. The summed E-state index contributed by atoms with van der Waals surface area (Å²) in [5.41, 5.74) is 3.37. The normalized spacial score (nSPS) is 13.0. The third kappa shape index (κ3) is 2.71. The Kier molecular flexibility index (Phi) is 3.89. The lowest BCUT2D eigenvalue weighted by atomic mass is 10.2. The molecule has 1 aliphatic carbocycles. The van der Waals surface area contributed by atoms with Gasteiger partial charge in [-0.25, -0.2) is 9.97 Å². The summed E-state index contributed by atoms with van der Waals surface area (Å²) in [5.74, 6) is 0. The van der Waals surface area contributed by atoms with Crippen LogP contribution in [0.3, 0.4) is 0 Å². The SMILES string of the molecule is Cc1nc(Sc2ccc(C=O)cc2[N+](=O)[O-])nc2c1CCC2. The lowest BCUT2D eigenvalue weighted by Gasteiger charge is -2.07. The van der Waals surface area contributed by atoms with Crippen molar-refractivity contribution in [1.29, 1.82) is 0 Å². The van der Waals surface area contributed by atoms with Crippen LogP contribution in [-0.4, -0.2) is 21.2 Å². The summed E-state index contributed by atoms with van der Waals surface area (Å²) in [6.07, 6.45) is 3.60. The molecule has 0 unspecified atom stereocenters. The fourth-order valence-corrected chi connectivity index (χ4v) is 3.48. The summed E-state index contributed by atoms with van der Waals surface area (Å²) < 4.78 is 0. The Bertz CT molecular complexity index is 777. The van der Waals surface area contributed by atoms with Crippen molar-refractivity contribution in [3.8, 4) is 0 Å². The number of carbonyl (C=O) groups excluding carboxylic acids is 1. The Morgan fingerprint density at radius 3 is 2.86 bits per heavy atom. The highest BCUT2D eigenvalue weighted by Gasteiger charge is 2.20. The molecular weight excluding hydrogens is 302 g/mol. The maximum absolute atomic E-state index is 11.2. The summed E-state index contributed by atoms with van der Waals surface area (Å²) in [4.78, 5) is 30.8. The third-order valence-electron chi connectivity index (χ3n) is 3.64. The van der Waals surface area contributed by atoms with Crippen LogP contribution in [0.5, 0.6) is 0 Å². The first kappa shape index (κ1) is 14.6. The van der Waals surface area contributed by atoms with Crippen molar-refractivity contribution < 1.29 is 9.72 Å². The van der Waals surface area contributed by atoms with E-state index in [0.717, 1.165) is 42.4 Å². The molecule has 3 rings (SSSR count). The minimum Gasteiger partial charge on any atom is -0.298 e. The highest BCUT2D eigenvalue weighted by molar-refractivity contribution is 7.99. The van der Waals surface area contributed by atoms with Gasteiger partial charge in [0.2, 0.25) is 0 Å². The molecule has 2 aromatic rings. The molecule has 1 aliphatic rings. The smallest absolute Gasteiger partial charge is 0.284 e.